The number of sulfonamides is 1. The molecule has 0 bridgehead atoms. The van der Waals surface area contributed by atoms with E-state index >= 15 is 0 Å². The zero-order chi connectivity index (χ0) is 18.0. The van der Waals surface area contributed by atoms with Crippen molar-refractivity contribution in [1.29, 1.82) is 0 Å². The van der Waals surface area contributed by atoms with Gasteiger partial charge in [0.05, 0.1) is 4.90 Å². The van der Waals surface area contributed by atoms with Crippen molar-refractivity contribution < 1.29 is 8.42 Å². The SMILES string of the molecule is CC.CC(C)C(CN)CCC(C)N(C)S(=O)(=O)c1ccccc1. The molecular formula is C18H34N2O2S. The molecule has 1 rings (SSSR count). The van der Waals surface area contributed by atoms with Crippen molar-refractivity contribution in [2.45, 2.75) is 58.4 Å². The molecule has 0 saturated carbocycles. The van der Waals surface area contributed by atoms with Crippen LogP contribution in [0.1, 0.15) is 47.5 Å². The summed E-state index contributed by atoms with van der Waals surface area (Å²) < 4.78 is 26.5. The maximum atomic E-state index is 12.5. The van der Waals surface area contributed by atoms with Gasteiger partial charge >= 0.3 is 0 Å². The van der Waals surface area contributed by atoms with E-state index in [0.717, 1.165) is 12.8 Å². The number of rotatable bonds is 8. The summed E-state index contributed by atoms with van der Waals surface area (Å²) in [6.07, 6.45) is 1.77. The first kappa shape index (κ1) is 22.1. The lowest BCUT2D eigenvalue weighted by Gasteiger charge is -2.27. The average Bonchev–Trinajstić information content (AvgIpc) is 2.56. The van der Waals surface area contributed by atoms with Crippen molar-refractivity contribution in [3.05, 3.63) is 30.3 Å². The minimum absolute atomic E-state index is 0.0389. The van der Waals surface area contributed by atoms with Gasteiger partial charge in [0, 0.05) is 13.1 Å². The zero-order valence-electron chi connectivity index (χ0n) is 15.5. The Morgan fingerprint density at radius 2 is 1.57 bits per heavy atom. The summed E-state index contributed by atoms with van der Waals surface area (Å²) >= 11 is 0. The standard InChI is InChI=1S/C16H28N2O2S.C2H6/c1-13(2)15(12-17)11-10-14(3)18(4)21(19,20)16-8-6-5-7-9-16;1-2/h5-9,13-15H,10-12,17H2,1-4H3;1-2H3. The van der Waals surface area contributed by atoms with Crippen LogP contribution in [0, 0.1) is 11.8 Å². The topological polar surface area (TPSA) is 63.4 Å². The third-order valence-corrected chi connectivity index (χ3v) is 6.23. The first-order chi connectivity index (χ1) is 10.8. The Morgan fingerprint density at radius 3 is 2.00 bits per heavy atom. The predicted molar refractivity (Wildman–Crippen MR) is 98.8 cm³/mol. The summed E-state index contributed by atoms with van der Waals surface area (Å²) in [7, 11) is -1.76. The highest BCUT2D eigenvalue weighted by molar-refractivity contribution is 7.89. The molecule has 0 aliphatic rings. The lowest BCUT2D eigenvalue weighted by atomic mass is 9.90. The monoisotopic (exact) mass is 342 g/mol. The van der Waals surface area contributed by atoms with Crippen LogP contribution in [0.15, 0.2) is 35.2 Å². The lowest BCUT2D eigenvalue weighted by Crippen LogP contribution is -2.36. The fourth-order valence-electron chi connectivity index (χ4n) is 2.36. The van der Waals surface area contributed by atoms with Crippen LogP contribution >= 0.6 is 0 Å². The highest BCUT2D eigenvalue weighted by atomic mass is 32.2. The van der Waals surface area contributed by atoms with Gasteiger partial charge in [-0.3, -0.25) is 0 Å². The fourth-order valence-corrected chi connectivity index (χ4v) is 3.77. The van der Waals surface area contributed by atoms with Crippen molar-refractivity contribution in [3.63, 3.8) is 0 Å². The maximum absolute atomic E-state index is 12.5. The van der Waals surface area contributed by atoms with Crippen LogP contribution < -0.4 is 5.73 Å². The van der Waals surface area contributed by atoms with Crippen molar-refractivity contribution in [3.8, 4) is 0 Å². The van der Waals surface area contributed by atoms with Gasteiger partial charge in [-0.2, -0.15) is 4.31 Å². The maximum Gasteiger partial charge on any atom is 0.243 e. The van der Waals surface area contributed by atoms with Crippen LogP contribution in [0.25, 0.3) is 0 Å². The first-order valence-corrected chi connectivity index (χ1v) is 9.97. The lowest BCUT2D eigenvalue weighted by molar-refractivity contribution is 0.303. The van der Waals surface area contributed by atoms with Crippen LogP contribution in [-0.2, 0) is 10.0 Å². The van der Waals surface area contributed by atoms with E-state index in [4.69, 9.17) is 5.73 Å². The van der Waals surface area contributed by atoms with Crippen LogP contribution in [0.5, 0.6) is 0 Å². The van der Waals surface area contributed by atoms with E-state index in [2.05, 4.69) is 13.8 Å². The minimum Gasteiger partial charge on any atom is -0.330 e. The van der Waals surface area contributed by atoms with Gasteiger partial charge in [-0.15, -0.1) is 0 Å². The van der Waals surface area contributed by atoms with E-state index in [1.165, 1.54) is 4.31 Å². The quantitative estimate of drug-likeness (QED) is 0.783. The van der Waals surface area contributed by atoms with Crippen molar-refractivity contribution in [1.82, 2.24) is 4.31 Å². The van der Waals surface area contributed by atoms with Gasteiger partial charge < -0.3 is 5.73 Å². The first-order valence-electron chi connectivity index (χ1n) is 8.53. The molecule has 23 heavy (non-hydrogen) atoms. The summed E-state index contributed by atoms with van der Waals surface area (Å²) in [6.45, 7) is 10.9. The molecule has 0 heterocycles. The Hall–Kier alpha value is -0.910. The van der Waals surface area contributed by atoms with Gasteiger partial charge in [-0.05, 0) is 50.3 Å². The van der Waals surface area contributed by atoms with E-state index in [0.29, 0.717) is 23.3 Å². The normalized spacial score (nSPS) is 14.3. The minimum atomic E-state index is -3.41. The Labute approximate surface area is 143 Å². The molecule has 0 radical (unpaired) electrons. The summed E-state index contributed by atoms with van der Waals surface area (Å²) in [4.78, 5) is 0.346. The Kier molecular flexibility index (Phi) is 10.4. The molecule has 0 fully saturated rings. The fraction of sp³-hybridized carbons (Fsp3) is 0.667. The third kappa shape index (κ3) is 6.61. The third-order valence-electron chi connectivity index (χ3n) is 4.24. The van der Waals surface area contributed by atoms with E-state index in [-0.39, 0.29) is 6.04 Å². The molecule has 4 nitrogen and oxygen atoms in total. The van der Waals surface area contributed by atoms with Crippen LogP contribution in [-0.4, -0.2) is 32.4 Å². The molecular weight excluding hydrogens is 308 g/mol. The summed E-state index contributed by atoms with van der Waals surface area (Å²) in [5, 5.41) is 0. The van der Waals surface area contributed by atoms with Crippen molar-refractivity contribution in [2.75, 3.05) is 13.6 Å². The highest BCUT2D eigenvalue weighted by Gasteiger charge is 2.25. The molecule has 2 unspecified atom stereocenters. The van der Waals surface area contributed by atoms with Crippen LogP contribution in [0.3, 0.4) is 0 Å². The molecule has 2 atom stereocenters. The van der Waals surface area contributed by atoms with Crippen molar-refractivity contribution >= 4 is 10.0 Å². The Balaban J connectivity index is 0.00000232. The molecule has 0 aliphatic carbocycles. The molecule has 134 valence electrons. The van der Waals surface area contributed by atoms with Gasteiger partial charge in [0.2, 0.25) is 10.0 Å². The zero-order valence-corrected chi connectivity index (χ0v) is 16.3. The summed E-state index contributed by atoms with van der Waals surface area (Å²) in [6, 6.07) is 8.54. The number of hydrogen-bond donors (Lipinski definition) is 1. The predicted octanol–water partition coefficient (Wildman–Crippen LogP) is 3.73. The van der Waals surface area contributed by atoms with E-state index in [1.807, 2.05) is 26.8 Å². The number of nitrogens with two attached hydrogens (primary N) is 1. The second-order valence-corrected chi connectivity index (χ2v) is 8.00. The average molecular weight is 343 g/mol. The summed E-state index contributed by atoms with van der Waals surface area (Å²) in [5.41, 5.74) is 5.78. The molecule has 0 aliphatic heterocycles. The molecule has 2 N–H and O–H groups in total. The highest BCUT2D eigenvalue weighted by Crippen LogP contribution is 2.22. The number of benzene rings is 1. The van der Waals surface area contributed by atoms with Gasteiger partial charge in [0.25, 0.3) is 0 Å². The molecule has 0 spiro atoms. The molecule has 0 amide bonds. The Bertz CT molecular complexity index is 515. The van der Waals surface area contributed by atoms with E-state index in [1.54, 1.807) is 31.3 Å². The second kappa shape index (κ2) is 10.8. The van der Waals surface area contributed by atoms with Gasteiger partial charge in [-0.1, -0.05) is 45.9 Å². The smallest absolute Gasteiger partial charge is 0.243 e. The molecule has 5 heteroatoms. The number of nitrogens with zero attached hydrogens (tertiary/aromatic N) is 1. The van der Waals surface area contributed by atoms with E-state index in [9.17, 15) is 8.42 Å². The van der Waals surface area contributed by atoms with Crippen LogP contribution in [0.4, 0.5) is 0 Å². The number of hydrogen-bond acceptors (Lipinski definition) is 3. The Morgan fingerprint density at radius 1 is 1.04 bits per heavy atom. The second-order valence-electron chi connectivity index (χ2n) is 6.00. The molecule has 1 aromatic rings. The van der Waals surface area contributed by atoms with E-state index < -0.39 is 10.0 Å². The largest absolute Gasteiger partial charge is 0.330 e. The van der Waals surface area contributed by atoms with Crippen molar-refractivity contribution in [2.24, 2.45) is 17.6 Å². The molecule has 0 saturated heterocycles. The van der Waals surface area contributed by atoms with Gasteiger partial charge in [0.15, 0.2) is 0 Å². The van der Waals surface area contributed by atoms with Crippen LogP contribution in [0.2, 0.25) is 0 Å². The molecule has 1 aromatic carbocycles. The summed E-state index contributed by atoms with van der Waals surface area (Å²) in [5.74, 6) is 0.971. The molecule has 0 aromatic heterocycles. The van der Waals surface area contributed by atoms with Gasteiger partial charge in [0.1, 0.15) is 0 Å². The van der Waals surface area contributed by atoms with Gasteiger partial charge in [-0.25, -0.2) is 8.42 Å².